The maximum Gasteiger partial charge on any atom is 0.255 e. The quantitative estimate of drug-likeness (QED) is 0.859. The number of pyridine rings is 1. The van der Waals surface area contributed by atoms with E-state index < -0.39 is 0 Å². The second-order valence-electron chi connectivity index (χ2n) is 4.78. The Labute approximate surface area is 124 Å². The summed E-state index contributed by atoms with van der Waals surface area (Å²) in [5.74, 6) is -0.100. The van der Waals surface area contributed by atoms with E-state index in [4.69, 9.17) is 11.6 Å². The summed E-state index contributed by atoms with van der Waals surface area (Å²) in [6.45, 7) is 3.84. The predicted octanol–water partition coefficient (Wildman–Crippen LogP) is 3.88. The average molecular weight is 289 g/mol. The molecular formula is C16H17ClN2O. The standard InChI is InChI=1S/C16H17ClN2O/c1-11-7-6-8-13(15(11)17)16(20)19(3)12(2)14-9-4-5-10-18-14/h4-10,12H,1-3H3. The van der Waals surface area contributed by atoms with Gasteiger partial charge in [0.1, 0.15) is 0 Å². The van der Waals surface area contributed by atoms with E-state index in [1.54, 1.807) is 24.2 Å². The Balaban J connectivity index is 2.27. The first kappa shape index (κ1) is 14.5. The first-order valence-corrected chi connectivity index (χ1v) is 6.83. The summed E-state index contributed by atoms with van der Waals surface area (Å²) in [4.78, 5) is 18.5. The monoisotopic (exact) mass is 288 g/mol. The SMILES string of the molecule is Cc1cccc(C(=O)N(C)C(C)c2ccccn2)c1Cl. The van der Waals surface area contributed by atoms with E-state index in [0.717, 1.165) is 11.3 Å². The van der Waals surface area contributed by atoms with Crippen molar-refractivity contribution in [2.45, 2.75) is 19.9 Å². The van der Waals surface area contributed by atoms with Crippen molar-refractivity contribution in [2.24, 2.45) is 0 Å². The van der Waals surface area contributed by atoms with Crippen molar-refractivity contribution in [2.75, 3.05) is 7.05 Å². The first-order chi connectivity index (χ1) is 9.52. The molecule has 20 heavy (non-hydrogen) atoms. The maximum atomic E-state index is 12.5. The second-order valence-corrected chi connectivity index (χ2v) is 5.16. The van der Waals surface area contributed by atoms with Crippen molar-refractivity contribution < 1.29 is 4.79 Å². The van der Waals surface area contributed by atoms with E-state index in [-0.39, 0.29) is 11.9 Å². The van der Waals surface area contributed by atoms with Crippen LogP contribution in [0.5, 0.6) is 0 Å². The summed E-state index contributed by atoms with van der Waals surface area (Å²) in [5, 5.41) is 0.512. The van der Waals surface area contributed by atoms with Crippen LogP contribution in [0.25, 0.3) is 0 Å². The van der Waals surface area contributed by atoms with Gasteiger partial charge in [-0.2, -0.15) is 0 Å². The molecule has 0 saturated heterocycles. The molecule has 1 unspecified atom stereocenters. The molecule has 1 aromatic heterocycles. The highest BCUT2D eigenvalue weighted by Gasteiger charge is 2.21. The highest BCUT2D eigenvalue weighted by atomic mass is 35.5. The van der Waals surface area contributed by atoms with Crippen LogP contribution in [0.3, 0.4) is 0 Å². The van der Waals surface area contributed by atoms with Gasteiger partial charge in [-0.25, -0.2) is 0 Å². The van der Waals surface area contributed by atoms with Gasteiger partial charge >= 0.3 is 0 Å². The Morgan fingerprint density at radius 2 is 2.00 bits per heavy atom. The lowest BCUT2D eigenvalue weighted by molar-refractivity contribution is 0.0740. The number of amides is 1. The lowest BCUT2D eigenvalue weighted by atomic mass is 10.1. The Hall–Kier alpha value is -1.87. The molecule has 4 heteroatoms. The predicted molar refractivity (Wildman–Crippen MR) is 80.9 cm³/mol. The summed E-state index contributed by atoms with van der Waals surface area (Å²) in [6.07, 6.45) is 1.73. The van der Waals surface area contributed by atoms with Crippen molar-refractivity contribution in [3.8, 4) is 0 Å². The van der Waals surface area contributed by atoms with Crippen molar-refractivity contribution in [3.63, 3.8) is 0 Å². The molecule has 1 amide bonds. The fourth-order valence-electron chi connectivity index (χ4n) is 2.00. The molecule has 0 aliphatic carbocycles. The minimum absolute atomic E-state index is 0.100. The van der Waals surface area contributed by atoms with Gasteiger partial charge in [-0.3, -0.25) is 9.78 Å². The van der Waals surface area contributed by atoms with E-state index in [1.807, 2.05) is 44.2 Å². The van der Waals surface area contributed by atoms with Crippen LogP contribution in [-0.4, -0.2) is 22.8 Å². The number of carbonyl (C=O) groups excluding carboxylic acids is 1. The van der Waals surface area contributed by atoms with Gasteiger partial charge in [0.25, 0.3) is 5.91 Å². The Bertz CT molecular complexity index is 613. The maximum absolute atomic E-state index is 12.5. The van der Waals surface area contributed by atoms with E-state index >= 15 is 0 Å². The van der Waals surface area contributed by atoms with E-state index in [9.17, 15) is 4.79 Å². The van der Waals surface area contributed by atoms with E-state index in [0.29, 0.717) is 10.6 Å². The molecule has 0 aliphatic rings. The highest BCUT2D eigenvalue weighted by Crippen LogP contribution is 2.24. The van der Waals surface area contributed by atoms with Crippen LogP contribution in [0.1, 0.15) is 34.6 Å². The molecule has 1 heterocycles. The molecule has 0 fully saturated rings. The van der Waals surface area contributed by atoms with Crippen LogP contribution in [0.15, 0.2) is 42.6 Å². The van der Waals surface area contributed by atoms with Gasteiger partial charge in [-0.1, -0.05) is 29.8 Å². The third kappa shape index (κ3) is 2.83. The minimum Gasteiger partial charge on any atom is -0.333 e. The average Bonchev–Trinajstić information content (AvgIpc) is 2.48. The summed E-state index contributed by atoms with van der Waals surface area (Å²) in [6, 6.07) is 11.0. The minimum atomic E-state index is -0.111. The molecule has 3 nitrogen and oxygen atoms in total. The van der Waals surface area contributed by atoms with Crippen LogP contribution >= 0.6 is 11.6 Å². The number of aromatic nitrogens is 1. The van der Waals surface area contributed by atoms with Gasteiger partial charge in [0.15, 0.2) is 0 Å². The van der Waals surface area contributed by atoms with Crippen molar-refractivity contribution >= 4 is 17.5 Å². The first-order valence-electron chi connectivity index (χ1n) is 6.45. The molecule has 0 bridgehead atoms. The Morgan fingerprint density at radius 1 is 1.25 bits per heavy atom. The van der Waals surface area contributed by atoms with Crippen LogP contribution in [0.4, 0.5) is 0 Å². The zero-order valence-corrected chi connectivity index (χ0v) is 12.6. The van der Waals surface area contributed by atoms with Crippen LogP contribution in [0.2, 0.25) is 5.02 Å². The Kier molecular flexibility index (Phi) is 4.40. The zero-order valence-electron chi connectivity index (χ0n) is 11.8. The largest absolute Gasteiger partial charge is 0.333 e. The summed E-state index contributed by atoms with van der Waals surface area (Å²) < 4.78 is 0. The van der Waals surface area contributed by atoms with Crippen molar-refractivity contribution in [1.29, 1.82) is 0 Å². The van der Waals surface area contributed by atoms with Crippen LogP contribution in [0, 0.1) is 6.92 Å². The molecule has 2 aromatic rings. The number of rotatable bonds is 3. The molecule has 0 spiro atoms. The van der Waals surface area contributed by atoms with Crippen molar-refractivity contribution in [1.82, 2.24) is 9.88 Å². The molecule has 104 valence electrons. The number of hydrogen-bond acceptors (Lipinski definition) is 2. The summed E-state index contributed by atoms with van der Waals surface area (Å²) in [7, 11) is 1.76. The number of nitrogens with zero attached hydrogens (tertiary/aromatic N) is 2. The van der Waals surface area contributed by atoms with Gasteiger partial charge < -0.3 is 4.90 Å². The molecule has 0 saturated carbocycles. The third-order valence-electron chi connectivity index (χ3n) is 3.44. The molecule has 1 aromatic carbocycles. The van der Waals surface area contributed by atoms with Gasteiger partial charge in [0.05, 0.1) is 22.3 Å². The molecule has 0 aliphatic heterocycles. The lowest BCUT2D eigenvalue weighted by Crippen LogP contribution is -2.30. The van der Waals surface area contributed by atoms with Crippen molar-refractivity contribution in [3.05, 3.63) is 64.4 Å². The third-order valence-corrected chi connectivity index (χ3v) is 3.94. The van der Waals surface area contributed by atoms with Gasteiger partial charge in [-0.15, -0.1) is 0 Å². The topological polar surface area (TPSA) is 33.2 Å². The van der Waals surface area contributed by atoms with Gasteiger partial charge in [0.2, 0.25) is 0 Å². The lowest BCUT2D eigenvalue weighted by Gasteiger charge is -2.25. The Morgan fingerprint density at radius 3 is 2.65 bits per heavy atom. The summed E-state index contributed by atoms with van der Waals surface area (Å²) in [5.41, 5.74) is 2.28. The fourth-order valence-corrected chi connectivity index (χ4v) is 2.21. The normalized spacial score (nSPS) is 12.0. The van der Waals surface area contributed by atoms with E-state index in [1.165, 1.54) is 0 Å². The number of aryl methyl sites for hydroxylation is 1. The van der Waals surface area contributed by atoms with E-state index in [2.05, 4.69) is 4.98 Å². The van der Waals surface area contributed by atoms with Crippen LogP contribution < -0.4 is 0 Å². The number of halogens is 1. The fraction of sp³-hybridized carbons (Fsp3) is 0.250. The second kappa shape index (κ2) is 6.06. The van der Waals surface area contributed by atoms with Gasteiger partial charge in [0, 0.05) is 13.2 Å². The highest BCUT2D eigenvalue weighted by molar-refractivity contribution is 6.34. The van der Waals surface area contributed by atoms with Gasteiger partial charge in [-0.05, 0) is 37.6 Å². The molecule has 0 N–H and O–H groups in total. The number of hydrogen-bond donors (Lipinski definition) is 0. The summed E-state index contributed by atoms with van der Waals surface area (Å²) >= 11 is 6.22. The molecule has 0 radical (unpaired) electrons. The number of carbonyl (C=O) groups is 1. The molecule has 2 rings (SSSR count). The smallest absolute Gasteiger partial charge is 0.255 e. The van der Waals surface area contributed by atoms with Crippen LogP contribution in [-0.2, 0) is 0 Å². The molecular weight excluding hydrogens is 272 g/mol. The zero-order chi connectivity index (χ0) is 14.7. The molecule has 1 atom stereocenters. The number of benzene rings is 1.